The van der Waals surface area contributed by atoms with Crippen LogP contribution in [0.1, 0.15) is 54.0 Å². The number of pyridine rings is 1. The maximum atomic E-state index is 13.3. The lowest BCUT2D eigenvalue weighted by molar-refractivity contribution is -0.137. The molecule has 4 rings (SSSR count). The first kappa shape index (κ1) is 22.0. The quantitative estimate of drug-likeness (QED) is 0.724. The molecule has 7 heteroatoms. The molecule has 6 nitrogen and oxygen atoms in total. The number of nitrogens with zero attached hydrogens (tertiary/aromatic N) is 3. The number of aromatic nitrogens is 1. The van der Waals surface area contributed by atoms with Crippen LogP contribution in [0.2, 0.25) is 0 Å². The van der Waals surface area contributed by atoms with Crippen molar-refractivity contribution in [2.75, 3.05) is 19.6 Å². The topological polar surface area (TPSA) is 70.6 Å². The number of piperidine rings is 1. The van der Waals surface area contributed by atoms with Crippen LogP contribution in [0.4, 0.5) is 0 Å². The molecule has 1 aromatic carbocycles. The standard InChI is InChI=1S/C24H31N3O3S/c1-17-15-18(2)23(19(3)16-17)31(29,30)26-13-8-21(9-14-26)24(28)27-12-4-5-22(27)20-6-10-25-11-7-20/h6-7,10-11,15-16,21-22H,4-5,8-9,12-14H2,1-3H3. The van der Waals surface area contributed by atoms with Gasteiger partial charge in [0.1, 0.15) is 0 Å². The molecule has 1 aromatic heterocycles. The summed E-state index contributed by atoms with van der Waals surface area (Å²) in [5.41, 5.74) is 3.76. The lowest BCUT2D eigenvalue weighted by Crippen LogP contribution is -2.44. The number of carbonyl (C=O) groups is 1. The highest BCUT2D eigenvalue weighted by Crippen LogP contribution is 2.35. The van der Waals surface area contributed by atoms with Gasteiger partial charge in [-0.05, 0) is 75.3 Å². The van der Waals surface area contributed by atoms with Gasteiger partial charge in [-0.2, -0.15) is 4.31 Å². The Balaban J connectivity index is 1.46. The third-order valence-corrected chi connectivity index (χ3v) is 8.84. The Morgan fingerprint density at radius 2 is 1.58 bits per heavy atom. The first-order valence-electron chi connectivity index (χ1n) is 11.1. The van der Waals surface area contributed by atoms with Crippen molar-refractivity contribution in [1.82, 2.24) is 14.2 Å². The smallest absolute Gasteiger partial charge is 0.243 e. The van der Waals surface area contributed by atoms with E-state index in [0.717, 1.165) is 41.6 Å². The van der Waals surface area contributed by atoms with Gasteiger partial charge in [-0.25, -0.2) is 8.42 Å². The summed E-state index contributed by atoms with van der Waals surface area (Å²) in [5.74, 6) is 0.0492. The molecule has 2 saturated heterocycles. The van der Waals surface area contributed by atoms with Crippen molar-refractivity contribution >= 4 is 15.9 Å². The van der Waals surface area contributed by atoms with Crippen LogP contribution in [0.5, 0.6) is 0 Å². The average Bonchev–Trinajstić information content (AvgIpc) is 3.23. The number of hydrogen-bond donors (Lipinski definition) is 0. The molecule has 1 unspecified atom stereocenters. The van der Waals surface area contributed by atoms with Gasteiger partial charge in [0.15, 0.2) is 0 Å². The van der Waals surface area contributed by atoms with Crippen LogP contribution >= 0.6 is 0 Å². The van der Waals surface area contributed by atoms with Crippen LogP contribution in [0, 0.1) is 26.7 Å². The van der Waals surface area contributed by atoms with Crippen LogP contribution < -0.4 is 0 Å². The molecule has 2 fully saturated rings. The highest BCUT2D eigenvalue weighted by Gasteiger charge is 2.38. The summed E-state index contributed by atoms with van der Waals surface area (Å²) < 4.78 is 28.2. The summed E-state index contributed by atoms with van der Waals surface area (Å²) in [6.45, 7) is 7.24. The molecule has 2 aromatic rings. The van der Waals surface area contributed by atoms with Gasteiger partial charge >= 0.3 is 0 Å². The number of benzene rings is 1. The fourth-order valence-electron chi connectivity index (χ4n) is 5.24. The van der Waals surface area contributed by atoms with E-state index >= 15 is 0 Å². The van der Waals surface area contributed by atoms with Crippen molar-refractivity contribution in [3.05, 3.63) is 58.9 Å². The fraction of sp³-hybridized carbons (Fsp3) is 0.500. The number of carbonyl (C=O) groups excluding carboxylic acids is 1. The molecular weight excluding hydrogens is 410 g/mol. The lowest BCUT2D eigenvalue weighted by Gasteiger charge is -2.35. The Labute approximate surface area is 185 Å². The van der Waals surface area contributed by atoms with E-state index < -0.39 is 10.0 Å². The minimum Gasteiger partial charge on any atom is -0.335 e. The molecule has 0 aliphatic carbocycles. The summed E-state index contributed by atoms with van der Waals surface area (Å²) in [7, 11) is -3.56. The Bertz CT molecular complexity index is 1040. The van der Waals surface area contributed by atoms with Gasteiger partial charge < -0.3 is 4.90 Å². The molecule has 3 heterocycles. The monoisotopic (exact) mass is 441 g/mol. The zero-order valence-electron chi connectivity index (χ0n) is 18.5. The van der Waals surface area contributed by atoms with Gasteiger partial charge in [0.05, 0.1) is 10.9 Å². The van der Waals surface area contributed by atoms with Crippen molar-refractivity contribution in [1.29, 1.82) is 0 Å². The van der Waals surface area contributed by atoms with Crippen molar-refractivity contribution in [2.45, 2.75) is 57.4 Å². The van der Waals surface area contributed by atoms with Crippen LogP contribution in [-0.4, -0.2) is 48.1 Å². The van der Waals surface area contributed by atoms with E-state index in [1.807, 2.05) is 49.9 Å². The van der Waals surface area contributed by atoms with E-state index in [4.69, 9.17) is 0 Å². The molecule has 31 heavy (non-hydrogen) atoms. The molecular formula is C24H31N3O3S. The predicted molar refractivity (Wildman–Crippen MR) is 120 cm³/mol. The Morgan fingerprint density at radius 1 is 0.968 bits per heavy atom. The molecule has 0 saturated carbocycles. The largest absolute Gasteiger partial charge is 0.335 e. The Kier molecular flexibility index (Phi) is 6.17. The van der Waals surface area contributed by atoms with Crippen LogP contribution in [0.25, 0.3) is 0 Å². The normalized spacial score (nSPS) is 20.9. The van der Waals surface area contributed by atoms with Crippen molar-refractivity contribution in [2.24, 2.45) is 5.92 Å². The molecule has 1 atom stereocenters. The predicted octanol–water partition coefficient (Wildman–Crippen LogP) is 3.77. The number of amides is 1. The van der Waals surface area contributed by atoms with Gasteiger partial charge in [-0.3, -0.25) is 9.78 Å². The average molecular weight is 442 g/mol. The van der Waals surface area contributed by atoms with Crippen molar-refractivity contribution < 1.29 is 13.2 Å². The van der Waals surface area contributed by atoms with E-state index in [9.17, 15) is 13.2 Å². The van der Waals surface area contributed by atoms with Crippen LogP contribution in [-0.2, 0) is 14.8 Å². The molecule has 0 radical (unpaired) electrons. The highest BCUT2D eigenvalue weighted by atomic mass is 32.2. The summed E-state index contributed by atoms with van der Waals surface area (Å²) in [4.78, 5) is 19.8. The number of aryl methyl sites for hydroxylation is 3. The number of rotatable bonds is 4. The van der Waals surface area contributed by atoms with Gasteiger partial charge in [-0.1, -0.05) is 17.7 Å². The van der Waals surface area contributed by atoms with E-state index in [-0.39, 0.29) is 17.9 Å². The van der Waals surface area contributed by atoms with Crippen LogP contribution in [0.15, 0.2) is 41.6 Å². The van der Waals surface area contributed by atoms with Gasteiger partial charge in [-0.15, -0.1) is 0 Å². The highest BCUT2D eigenvalue weighted by molar-refractivity contribution is 7.89. The molecule has 0 N–H and O–H groups in total. The molecule has 0 bridgehead atoms. The van der Waals surface area contributed by atoms with E-state index in [0.29, 0.717) is 30.8 Å². The van der Waals surface area contributed by atoms with Gasteiger partial charge in [0.2, 0.25) is 15.9 Å². The second-order valence-electron chi connectivity index (χ2n) is 8.88. The number of sulfonamides is 1. The van der Waals surface area contributed by atoms with E-state index in [1.54, 1.807) is 16.7 Å². The maximum absolute atomic E-state index is 13.3. The molecule has 2 aliphatic rings. The Hall–Kier alpha value is -2.25. The van der Waals surface area contributed by atoms with Crippen molar-refractivity contribution in [3.8, 4) is 0 Å². The third kappa shape index (κ3) is 4.26. The summed E-state index contributed by atoms with van der Waals surface area (Å²) in [5, 5.41) is 0. The zero-order valence-corrected chi connectivity index (χ0v) is 19.4. The lowest BCUT2D eigenvalue weighted by atomic mass is 9.95. The minimum absolute atomic E-state index is 0.107. The summed E-state index contributed by atoms with van der Waals surface area (Å²) in [6, 6.07) is 7.91. The minimum atomic E-state index is -3.56. The second kappa shape index (κ2) is 8.71. The van der Waals surface area contributed by atoms with Crippen molar-refractivity contribution in [3.63, 3.8) is 0 Å². The molecule has 0 spiro atoms. The number of likely N-dealkylation sites (tertiary alicyclic amines) is 1. The van der Waals surface area contributed by atoms with Gasteiger partial charge in [0, 0.05) is 37.9 Å². The summed E-state index contributed by atoms with van der Waals surface area (Å²) >= 11 is 0. The SMILES string of the molecule is Cc1cc(C)c(S(=O)(=O)N2CCC(C(=O)N3CCCC3c3ccncc3)CC2)c(C)c1. The first-order valence-corrected chi connectivity index (χ1v) is 12.5. The first-order chi connectivity index (χ1) is 14.8. The van der Waals surface area contributed by atoms with E-state index in [1.165, 1.54) is 0 Å². The second-order valence-corrected chi connectivity index (χ2v) is 10.8. The Morgan fingerprint density at radius 3 is 2.19 bits per heavy atom. The molecule has 2 aliphatic heterocycles. The fourth-order valence-corrected chi connectivity index (χ4v) is 7.12. The summed E-state index contributed by atoms with van der Waals surface area (Å²) in [6.07, 6.45) is 6.65. The zero-order chi connectivity index (χ0) is 22.2. The maximum Gasteiger partial charge on any atom is 0.243 e. The molecule has 1 amide bonds. The van der Waals surface area contributed by atoms with E-state index in [2.05, 4.69) is 4.98 Å². The van der Waals surface area contributed by atoms with Gasteiger partial charge in [0.25, 0.3) is 0 Å². The number of hydrogen-bond acceptors (Lipinski definition) is 4. The molecule has 166 valence electrons. The van der Waals surface area contributed by atoms with Crippen LogP contribution in [0.3, 0.4) is 0 Å². The third-order valence-electron chi connectivity index (χ3n) is 6.63.